The standard InChI is InChI=1S/C20H28O2/c1-19(2)12-7-13-20(3)16(10-11-17(19)20)18(21)22-14-15-8-5-4-6-9-15/h4-6,8-9,16-17H,7,10-14H2,1-3H3/t16-,17+,20-/m1/s1. The SMILES string of the molecule is CC1(C)CCC[C@]2(C)[C@@H](C(=O)OCc3ccccc3)CC[C@@H]12. The van der Waals surface area contributed by atoms with Crippen LogP contribution in [-0.4, -0.2) is 5.97 Å². The fourth-order valence-electron chi connectivity index (χ4n) is 5.18. The second-order valence-corrected chi connectivity index (χ2v) is 8.12. The van der Waals surface area contributed by atoms with E-state index in [2.05, 4.69) is 20.8 Å². The van der Waals surface area contributed by atoms with Gasteiger partial charge >= 0.3 is 5.97 Å². The van der Waals surface area contributed by atoms with E-state index < -0.39 is 0 Å². The van der Waals surface area contributed by atoms with Crippen molar-refractivity contribution >= 4 is 5.97 Å². The number of carbonyl (C=O) groups is 1. The summed E-state index contributed by atoms with van der Waals surface area (Å²) in [4.78, 5) is 12.7. The fourth-order valence-corrected chi connectivity index (χ4v) is 5.18. The molecule has 0 unspecified atom stereocenters. The summed E-state index contributed by atoms with van der Waals surface area (Å²) in [6.07, 6.45) is 5.88. The molecule has 0 saturated heterocycles. The molecular formula is C20H28O2. The van der Waals surface area contributed by atoms with Gasteiger partial charge in [0.25, 0.3) is 0 Å². The van der Waals surface area contributed by atoms with Gasteiger partial charge in [0.2, 0.25) is 0 Å². The Balaban J connectivity index is 1.68. The van der Waals surface area contributed by atoms with Crippen LogP contribution in [0.3, 0.4) is 0 Å². The van der Waals surface area contributed by atoms with Crippen LogP contribution in [0.25, 0.3) is 0 Å². The van der Waals surface area contributed by atoms with E-state index in [1.165, 1.54) is 25.7 Å². The Morgan fingerprint density at radius 2 is 1.86 bits per heavy atom. The van der Waals surface area contributed by atoms with Crippen LogP contribution in [-0.2, 0) is 16.1 Å². The minimum absolute atomic E-state index is 0.0200. The number of ether oxygens (including phenoxy) is 1. The molecule has 3 rings (SSSR count). The summed E-state index contributed by atoms with van der Waals surface area (Å²) >= 11 is 0. The lowest BCUT2D eigenvalue weighted by atomic mass is 9.56. The maximum Gasteiger partial charge on any atom is 0.309 e. The van der Waals surface area contributed by atoms with Crippen LogP contribution in [0.5, 0.6) is 0 Å². The van der Waals surface area contributed by atoms with Gasteiger partial charge < -0.3 is 4.74 Å². The zero-order valence-electron chi connectivity index (χ0n) is 14.1. The smallest absolute Gasteiger partial charge is 0.309 e. The Morgan fingerprint density at radius 3 is 2.59 bits per heavy atom. The molecule has 0 N–H and O–H groups in total. The summed E-state index contributed by atoms with van der Waals surface area (Å²) in [5, 5.41) is 0. The van der Waals surface area contributed by atoms with Gasteiger partial charge in [-0.1, -0.05) is 57.5 Å². The van der Waals surface area contributed by atoms with Crippen molar-refractivity contribution in [3.8, 4) is 0 Å². The molecule has 2 nitrogen and oxygen atoms in total. The molecule has 1 aromatic rings. The first-order chi connectivity index (χ1) is 10.4. The minimum Gasteiger partial charge on any atom is -0.461 e. The summed E-state index contributed by atoms with van der Waals surface area (Å²) in [5.41, 5.74) is 1.57. The molecule has 0 bridgehead atoms. The van der Waals surface area contributed by atoms with E-state index in [9.17, 15) is 4.79 Å². The van der Waals surface area contributed by atoms with Crippen molar-refractivity contribution < 1.29 is 9.53 Å². The zero-order chi connectivity index (χ0) is 15.8. The van der Waals surface area contributed by atoms with Gasteiger partial charge in [-0.2, -0.15) is 0 Å². The van der Waals surface area contributed by atoms with E-state index in [4.69, 9.17) is 4.74 Å². The van der Waals surface area contributed by atoms with E-state index in [1.807, 2.05) is 30.3 Å². The van der Waals surface area contributed by atoms with Crippen LogP contribution in [0.4, 0.5) is 0 Å². The highest BCUT2D eigenvalue weighted by Gasteiger charge is 2.56. The maximum atomic E-state index is 12.7. The van der Waals surface area contributed by atoms with Gasteiger partial charge in [0, 0.05) is 0 Å². The lowest BCUT2D eigenvalue weighted by Crippen LogP contribution is -2.43. The molecule has 22 heavy (non-hydrogen) atoms. The van der Waals surface area contributed by atoms with Crippen molar-refractivity contribution in [2.45, 2.75) is 59.5 Å². The molecule has 2 fully saturated rings. The Kier molecular flexibility index (Phi) is 4.05. The molecule has 0 heterocycles. The van der Waals surface area contributed by atoms with E-state index in [0.29, 0.717) is 17.9 Å². The van der Waals surface area contributed by atoms with E-state index in [-0.39, 0.29) is 17.3 Å². The van der Waals surface area contributed by atoms with Gasteiger partial charge in [0.05, 0.1) is 5.92 Å². The molecule has 120 valence electrons. The van der Waals surface area contributed by atoms with Crippen molar-refractivity contribution in [2.24, 2.45) is 22.7 Å². The van der Waals surface area contributed by atoms with E-state index in [0.717, 1.165) is 12.0 Å². The lowest BCUT2D eigenvalue weighted by molar-refractivity contribution is -0.156. The first kappa shape index (κ1) is 15.6. The molecule has 0 spiro atoms. The molecular weight excluding hydrogens is 272 g/mol. The summed E-state index contributed by atoms with van der Waals surface area (Å²) in [6, 6.07) is 9.98. The Bertz CT molecular complexity index is 534. The lowest BCUT2D eigenvalue weighted by Gasteiger charge is -2.49. The normalized spacial score (nSPS) is 33.2. The van der Waals surface area contributed by atoms with Crippen molar-refractivity contribution in [2.75, 3.05) is 0 Å². The van der Waals surface area contributed by atoms with Gasteiger partial charge in [-0.05, 0) is 48.0 Å². The van der Waals surface area contributed by atoms with Crippen LogP contribution in [0, 0.1) is 22.7 Å². The first-order valence-electron chi connectivity index (χ1n) is 8.64. The van der Waals surface area contributed by atoms with Crippen LogP contribution < -0.4 is 0 Å². The van der Waals surface area contributed by atoms with Crippen molar-refractivity contribution in [3.63, 3.8) is 0 Å². The zero-order valence-corrected chi connectivity index (χ0v) is 14.1. The van der Waals surface area contributed by atoms with E-state index >= 15 is 0 Å². The number of benzene rings is 1. The van der Waals surface area contributed by atoms with E-state index in [1.54, 1.807) is 0 Å². The molecule has 2 heteroatoms. The predicted molar refractivity (Wildman–Crippen MR) is 88.2 cm³/mol. The summed E-state index contributed by atoms with van der Waals surface area (Å²) in [5.74, 6) is 0.760. The van der Waals surface area contributed by atoms with Gasteiger partial charge in [-0.15, -0.1) is 0 Å². The van der Waals surface area contributed by atoms with Crippen LogP contribution in [0.1, 0.15) is 58.4 Å². The predicted octanol–water partition coefficient (Wildman–Crippen LogP) is 4.97. The topological polar surface area (TPSA) is 26.3 Å². The van der Waals surface area contributed by atoms with Gasteiger partial charge in [0.15, 0.2) is 0 Å². The summed E-state index contributed by atoms with van der Waals surface area (Å²) < 4.78 is 5.66. The molecule has 0 amide bonds. The third-order valence-electron chi connectivity index (χ3n) is 6.32. The number of hydrogen-bond acceptors (Lipinski definition) is 2. The molecule has 2 saturated carbocycles. The van der Waals surface area contributed by atoms with Crippen molar-refractivity contribution in [1.29, 1.82) is 0 Å². The molecule has 0 aromatic heterocycles. The molecule has 1 aromatic carbocycles. The average molecular weight is 300 g/mol. The highest BCUT2D eigenvalue weighted by Crippen LogP contribution is 2.61. The largest absolute Gasteiger partial charge is 0.461 e. The van der Waals surface area contributed by atoms with Gasteiger partial charge in [0.1, 0.15) is 6.61 Å². The Morgan fingerprint density at radius 1 is 1.14 bits per heavy atom. The number of carbonyl (C=O) groups excluding carboxylic acids is 1. The maximum absolute atomic E-state index is 12.7. The minimum atomic E-state index is 0.0200. The quantitative estimate of drug-likeness (QED) is 0.736. The molecule has 2 aliphatic carbocycles. The number of rotatable bonds is 3. The average Bonchev–Trinajstić information content (AvgIpc) is 2.84. The second kappa shape index (κ2) is 5.72. The Hall–Kier alpha value is -1.31. The summed E-state index contributed by atoms with van der Waals surface area (Å²) in [6.45, 7) is 7.50. The third-order valence-corrected chi connectivity index (χ3v) is 6.32. The number of esters is 1. The van der Waals surface area contributed by atoms with Gasteiger partial charge in [-0.25, -0.2) is 0 Å². The highest BCUT2D eigenvalue weighted by atomic mass is 16.5. The van der Waals surface area contributed by atoms with Crippen LogP contribution in [0.2, 0.25) is 0 Å². The molecule has 2 aliphatic rings. The first-order valence-corrected chi connectivity index (χ1v) is 8.64. The fraction of sp³-hybridized carbons (Fsp3) is 0.650. The van der Waals surface area contributed by atoms with Crippen LogP contribution in [0.15, 0.2) is 30.3 Å². The van der Waals surface area contributed by atoms with Crippen molar-refractivity contribution in [3.05, 3.63) is 35.9 Å². The summed E-state index contributed by atoms with van der Waals surface area (Å²) in [7, 11) is 0. The molecule has 3 atom stereocenters. The number of fused-ring (bicyclic) bond motifs is 1. The monoisotopic (exact) mass is 300 g/mol. The third kappa shape index (κ3) is 2.68. The van der Waals surface area contributed by atoms with Crippen LogP contribution >= 0.6 is 0 Å². The number of hydrogen-bond donors (Lipinski definition) is 0. The Labute approximate surface area is 134 Å². The van der Waals surface area contributed by atoms with Gasteiger partial charge in [-0.3, -0.25) is 4.79 Å². The highest BCUT2D eigenvalue weighted by molar-refractivity contribution is 5.74. The molecule has 0 aliphatic heterocycles. The second-order valence-electron chi connectivity index (χ2n) is 8.12. The molecule has 0 radical (unpaired) electrons. The van der Waals surface area contributed by atoms with Crippen molar-refractivity contribution in [1.82, 2.24) is 0 Å².